The molecule has 2 aromatic carbocycles. The SMILES string of the molecule is CC[C@@]1(C)CN(C(=O)CCC(=O)N[C@@H](CCC(=O)NCC(=O)Nc2cc(C(=O)NCCOCCOC3O[C@H](CO)[C@H](O)[C@H](O)[C@H]3NC(C)=O)cc(C(=O)NCCOCCOC3O[C@H](CO)[C@H](O)[C@H](O)[C@H]3NC(C)=O)c2)C(=O)NCC(=O)Nc2cc(C(=O)NCCOCCOC3O[C@H](CO)[C@H](O)[C@H](O)[C@H]3NC(C)=O)cc(C(=O)NCCOCCOC3O[C@H](CO)[C@H](O)[C@H](O)[C@H]3NC(C)=O)c2)C[C@@]1(C)CO. The van der Waals surface area contributed by atoms with E-state index in [1.165, 1.54) is 41.3 Å². The fraction of sp³-hybridized carbons (Fsp3) is 0.698. The molecule has 0 aromatic heterocycles. The number of nitrogens with one attached hydrogen (secondary N) is 13. The number of aliphatic hydroxyl groups excluding tert-OH is 13. The van der Waals surface area contributed by atoms with Gasteiger partial charge in [-0.05, 0) is 54.7 Å². The molecule has 5 heterocycles. The lowest BCUT2D eigenvalue weighted by atomic mass is 9.67. The Kier molecular flexibility index (Phi) is 48.2. The van der Waals surface area contributed by atoms with Crippen molar-refractivity contribution in [3.63, 3.8) is 0 Å². The second-order valence-electron chi connectivity index (χ2n) is 33.9. The van der Waals surface area contributed by atoms with Gasteiger partial charge in [-0.1, -0.05) is 20.8 Å². The lowest BCUT2D eigenvalue weighted by Gasteiger charge is -2.42. The number of likely N-dealkylation sites (tertiary alicyclic amines) is 1. The molecule has 0 spiro atoms. The third kappa shape index (κ3) is 35.6. The zero-order chi connectivity index (χ0) is 102. The second-order valence-corrected chi connectivity index (χ2v) is 33.9. The number of hydrogen-bond donors (Lipinski definition) is 26. The number of hydrogen-bond acceptors (Lipinski definition) is 39. The first-order valence-electron chi connectivity index (χ1n) is 45.2. The lowest BCUT2D eigenvalue weighted by molar-refractivity contribution is -0.272. The summed E-state index contributed by atoms with van der Waals surface area (Å²) in [5.41, 5.74) is -2.31. The van der Waals surface area contributed by atoms with Gasteiger partial charge >= 0.3 is 0 Å². The third-order valence-electron chi connectivity index (χ3n) is 23.4. The average Bonchev–Trinajstić information content (AvgIpc) is 1.61. The highest BCUT2D eigenvalue weighted by molar-refractivity contribution is 6.05. The van der Waals surface area contributed by atoms with Gasteiger partial charge in [-0.15, -0.1) is 0 Å². The van der Waals surface area contributed by atoms with E-state index in [0.717, 1.165) is 27.7 Å². The number of anilines is 2. The van der Waals surface area contributed by atoms with Crippen LogP contribution in [0.15, 0.2) is 36.4 Å². The molecule has 782 valence electrons. The number of carbonyl (C=O) groups excluding carboxylic acids is 14. The highest BCUT2D eigenvalue weighted by Gasteiger charge is 2.53. The van der Waals surface area contributed by atoms with Crippen LogP contribution in [0.4, 0.5) is 11.4 Å². The van der Waals surface area contributed by atoms with Crippen molar-refractivity contribution in [1.82, 2.24) is 63.4 Å². The van der Waals surface area contributed by atoms with Crippen LogP contribution < -0.4 is 69.1 Å². The van der Waals surface area contributed by atoms with E-state index < -0.39 is 281 Å². The molecule has 0 radical (unpaired) electrons. The average molecular weight is 1990 g/mol. The molecule has 4 unspecified atom stereocenters. The first-order valence-corrected chi connectivity index (χ1v) is 45.2. The zero-order valence-electron chi connectivity index (χ0n) is 78.2. The van der Waals surface area contributed by atoms with Crippen LogP contribution in [0.25, 0.3) is 0 Å². The molecule has 0 bridgehead atoms. The van der Waals surface area contributed by atoms with Gasteiger partial charge in [-0.2, -0.15) is 0 Å². The van der Waals surface area contributed by atoms with Gasteiger partial charge in [0.1, 0.15) is 103 Å². The van der Waals surface area contributed by atoms with Crippen LogP contribution >= 0.6 is 0 Å². The van der Waals surface area contributed by atoms with Gasteiger partial charge in [0.15, 0.2) is 25.2 Å². The molecule has 26 N–H and O–H groups in total. The van der Waals surface area contributed by atoms with E-state index in [1.54, 1.807) is 0 Å². The summed E-state index contributed by atoms with van der Waals surface area (Å²) in [5, 5.41) is 166. The Hall–Kier alpha value is -9.98. The van der Waals surface area contributed by atoms with E-state index in [2.05, 4.69) is 69.1 Å². The van der Waals surface area contributed by atoms with E-state index in [9.17, 15) is 134 Å². The van der Waals surface area contributed by atoms with Crippen molar-refractivity contribution in [3.8, 4) is 0 Å². The first kappa shape index (κ1) is 116. The monoisotopic (exact) mass is 1990 g/mol. The van der Waals surface area contributed by atoms with Gasteiger partial charge in [0.05, 0.1) is 125 Å². The summed E-state index contributed by atoms with van der Waals surface area (Å²) < 4.78 is 67.3. The molecular formula is C86H134N14O39. The molecule has 53 nitrogen and oxygen atoms in total. The fourth-order valence-electron chi connectivity index (χ4n) is 15.4. The highest BCUT2D eigenvalue weighted by Crippen LogP contribution is 2.48. The molecule has 14 amide bonds. The minimum absolute atomic E-state index is 0.145. The number of benzene rings is 2. The van der Waals surface area contributed by atoms with Crippen LogP contribution in [0.5, 0.6) is 0 Å². The van der Waals surface area contributed by atoms with Crippen LogP contribution in [-0.2, 0) is 105 Å². The van der Waals surface area contributed by atoms with E-state index in [1.807, 2.05) is 20.8 Å². The number of amides is 14. The number of carbonyl (C=O) groups is 14. The predicted octanol–water partition coefficient (Wildman–Crippen LogP) is -11.4. The molecule has 23 atom stereocenters. The summed E-state index contributed by atoms with van der Waals surface area (Å²) in [4.78, 5) is 188. The molecule has 139 heavy (non-hydrogen) atoms. The Balaban J connectivity index is 1.01. The van der Waals surface area contributed by atoms with Gasteiger partial charge in [0.2, 0.25) is 59.1 Å². The fourth-order valence-corrected chi connectivity index (χ4v) is 15.4. The maximum Gasteiger partial charge on any atom is 0.251 e. The van der Waals surface area contributed by atoms with Crippen LogP contribution in [-0.4, -0.2) is 447 Å². The summed E-state index contributed by atoms with van der Waals surface area (Å²) in [6.07, 6.45) is -24.3. The first-order chi connectivity index (χ1) is 66.1. The van der Waals surface area contributed by atoms with Gasteiger partial charge in [-0.25, -0.2) is 0 Å². The lowest BCUT2D eigenvalue weighted by Crippen LogP contribution is -2.64. The van der Waals surface area contributed by atoms with Crippen molar-refractivity contribution < 1.29 is 190 Å². The normalized spacial score (nSPS) is 27.4. The molecule has 7 rings (SSSR count). The molecule has 0 saturated carbocycles. The van der Waals surface area contributed by atoms with Gasteiger partial charge in [-0.3, -0.25) is 67.1 Å². The van der Waals surface area contributed by atoms with Crippen molar-refractivity contribution >= 4 is 94.1 Å². The minimum Gasteiger partial charge on any atom is -0.396 e. The van der Waals surface area contributed by atoms with Crippen LogP contribution in [0, 0.1) is 10.8 Å². The predicted molar refractivity (Wildman–Crippen MR) is 475 cm³/mol. The largest absolute Gasteiger partial charge is 0.396 e. The van der Waals surface area contributed by atoms with Crippen LogP contribution in [0.2, 0.25) is 0 Å². The maximum absolute atomic E-state index is 14.3. The topological polar surface area (TPSA) is 772 Å². The van der Waals surface area contributed by atoms with Gasteiger partial charge in [0.25, 0.3) is 23.6 Å². The van der Waals surface area contributed by atoms with E-state index >= 15 is 0 Å². The van der Waals surface area contributed by atoms with E-state index in [4.69, 9.17) is 56.8 Å². The van der Waals surface area contributed by atoms with Gasteiger partial charge < -0.3 is 197 Å². The molecule has 5 aliphatic rings. The van der Waals surface area contributed by atoms with Crippen molar-refractivity contribution in [2.75, 3.05) is 175 Å². The van der Waals surface area contributed by atoms with Crippen molar-refractivity contribution in [1.29, 1.82) is 0 Å². The quantitative estimate of drug-likeness (QED) is 0.0274. The van der Waals surface area contributed by atoms with E-state index in [-0.39, 0.29) is 165 Å². The number of rotatable bonds is 56. The summed E-state index contributed by atoms with van der Waals surface area (Å²) in [6, 6.07) is 0.508. The maximum atomic E-state index is 14.3. The molecule has 5 saturated heterocycles. The second kappa shape index (κ2) is 57.8. The molecule has 2 aromatic rings. The smallest absolute Gasteiger partial charge is 0.251 e. The highest BCUT2D eigenvalue weighted by atomic mass is 16.7. The molecule has 5 fully saturated rings. The Morgan fingerprint density at radius 1 is 0.374 bits per heavy atom. The van der Waals surface area contributed by atoms with Crippen molar-refractivity contribution in [2.24, 2.45) is 10.8 Å². The Morgan fingerprint density at radius 2 is 0.676 bits per heavy atom. The molecule has 5 aliphatic heterocycles. The van der Waals surface area contributed by atoms with Crippen LogP contribution in [0.3, 0.4) is 0 Å². The molecule has 53 heteroatoms. The number of aliphatic hydroxyl groups is 13. The standard InChI is InChI=1S/C86H134N14O39/c1-8-85(6)41-100(42-86(85,7)43-105)63(114)12-11-60(111)99-54(80(127)92-36-62(113)98-53-33-50(78(125)89-15-19-130-23-27-134-83-66(95-46(4)108)74(121)70(117)57(39-103)138-83)30-51(34-53)79(126)90-16-20-131-24-28-135-84-67(96-47(5)109)75(122)71(118)58(40-104)139-84)9-10-59(110)91-35-61(112)97-52-31-48(76(123)87-13-17-128-21-25-132-81-64(93-44(2)106)72(119)68(115)55(37-101)136-81)29-49(32-52)77(124)88-14-18-129-22-26-133-82-65(94-45(3)107)73(120)69(116)56(38-102)137-82/h29-34,54-58,64-75,81-84,101-105,115-122H,8-28,35-43H2,1-7H3,(H,87,123)(H,88,124)(H,89,125)(H,90,126)(H,91,110)(H,92,127)(H,93,106)(H,94,107)(H,95,108)(H,96,109)(H,97,112)(H,98,113)(H,99,111)/t54-,55+,56+,57+,58+,64+,65+,66+,67+,68-,69-,70-,71-,72+,73+,74+,75+,81?,82?,83?,84?,85-,86-/m0/s1. The third-order valence-corrected chi connectivity index (χ3v) is 23.4. The number of ether oxygens (including phenoxy) is 12. The number of nitrogens with zero attached hydrogens (tertiary/aromatic N) is 1. The summed E-state index contributed by atoms with van der Waals surface area (Å²) >= 11 is 0. The van der Waals surface area contributed by atoms with Gasteiger partial charge in [0, 0.05) is 125 Å². The molecular weight excluding hydrogens is 1850 g/mol. The summed E-state index contributed by atoms with van der Waals surface area (Å²) in [5.74, 6) is -10.7. The Labute approximate surface area is 798 Å². The Bertz CT molecular complexity index is 4170. The summed E-state index contributed by atoms with van der Waals surface area (Å²) in [6.45, 7) is 3.37. The van der Waals surface area contributed by atoms with E-state index in [0.29, 0.717) is 6.42 Å². The Morgan fingerprint density at radius 3 is 0.957 bits per heavy atom. The zero-order valence-corrected chi connectivity index (χ0v) is 78.2. The van der Waals surface area contributed by atoms with Crippen LogP contribution in [0.1, 0.15) is 122 Å². The van der Waals surface area contributed by atoms with Crippen molar-refractivity contribution in [3.05, 3.63) is 58.7 Å². The summed E-state index contributed by atoms with van der Waals surface area (Å²) in [7, 11) is 0. The van der Waals surface area contributed by atoms with Crippen molar-refractivity contribution in [2.45, 2.75) is 209 Å². The molecule has 0 aliphatic carbocycles. The minimum atomic E-state index is -1.65.